The summed E-state index contributed by atoms with van der Waals surface area (Å²) in [5.41, 5.74) is 0.924. The van der Waals surface area contributed by atoms with Crippen LogP contribution in [0.5, 0.6) is 11.5 Å². The largest absolute Gasteiger partial charge is 0.457 e. The Morgan fingerprint density at radius 3 is 2.27 bits per heavy atom. The van der Waals surface area contributed by atoms with E-state index in [1.165, 1.54) is 0 Å². The first-order chi connectivity index (χ1) is 15.7. The number of amides is 2. The Balaban J connectivity index is 1.40. The molecule has 0 aliphatic heterocycles. The molecule has 0 saturated carbocycles. The average molecular weight is 456 g/mol. The Morgan fingerprint density at radius 2 is 1.55 bits per heavy atom. The summed E-state index contributed by atoms with van der Waals surface area (Å²) >= 11 is 0. The van der Waals surface area contributed by atoms with Crippen LogP contribution in [0.2, 0.25) is 0 Å². The van der Waals surface area contributed by atoms with Crippen molar-refractivity contribution in [1.82, 2.24) is 9.97 Å². The summed E-state index contributed by atoms with van der Waals surface area (Å²) in [6, 6.07) is 13.1. The molecule has 2 amide bonds. The Labute approximate surface area is 185 Å². The van der Waals surface area contributed by atoms with Gasteiger partial charge in [0.2, 0.25) is 0 Å². The van der Waals surface area contributed by atoms with Crippen LogP contribution in [0, 0.1) is 12.7 Å². The van der Waals surface area contributed by atoms with Crippen LogP contribution in [0.1, 0.15) is 11.3 Å². The molecule has 1 heterocycles. The number of fused-ring (bicyclic) bond motifs is 1. The molecule has 0 saturated heterocycles. The molecule has 0 aliphatic rings. The third kappa shape index (κ3) is 5.35. The highest BCUT2D eigenvalue weighted by atomic mass is 19.4. The molecule has 0 bridgehead atoms. The van der Waals surface area contributed by atoms with E-state index in [1.54, 1.807) is 48.7 Å². The van der Waals surface area contributed by atoms with E-state index in [-0.39, 0.29) is 5.69 Å². The molecule has 6 nitrogen and oxygen atoms in total. The zero-order valence-corrected chi connectivity index (χ0v) is 17.1. The van der Waals surface area contributed by atoms with Gasteiger partial charge in [-0.05, 0) is 61.5 Å². The maximum atomic E-state index is 13.4. The van der Waals surface area contributed by atoms with Crippen LogP contribution in [-0.2, 0) is 6.18 Å². The lowest BCUT2D eigenvalue weighted by molar-refractivity contribution is -0.139. The second-order valence-electron chi connectivity index (χ2n) is 7.06. The first-order valence-corrected chi connectivity index (χ1v) is 9.63. The van der Waals surface area contributed by atoms with E-state index in [9.17, 15) is 22.4 Å². The minimum absolute atomic E-state index is 0.198. The van der Waals surface area contributed by atoms with Crippen molar-refractivity contribution >= 4 is 28.4 Å². The van der Waals surface area contributed by atoms with Crippen LogP contribution in [-0.4, -0.2) is 16.0 Å². The van der Waals surface area contributed by atoms with E-state index in [2.05, 4.69) is 20.6 Å². The van der Waals surface area contributed by atoms with Gasteiger partial charge in [-0.1, -0.05) is 0 Å². The minimum Gasteiger partial charge on any atom is -0.457 e. The lowest BCUT2D eigenvalue weighted by Crippen LogP contribution is -2.20. The fourth-order valence-electron chi connectivity index (χ4n) is 3.00. The highest BCUT2D eigenvalue weighted by molar-refractivity contribution is 5.99. The van der Waals surface area contributed by atoms with Gasteiger partial charge < -0.3 is 15.4 Å². The summed E-state index contributed by atoms with van der Waals surface area (Å²) < 4.78 is 57.6. The summed E-state index contributed by atoms with van der Waals surface area (Å²) in [4.78, 5) is 20.8. The molecule has 1 aromatic heterocycles. The zero-order valence-electron chi connectivity index (χ0n) is 17.1. The number of nitrogens with zero attached hydrogens (tertiary/aromatic N) is 2. The third-order valence-corrected chi connectivity index (χ3v) is 4.51. The van der Waals surface area contributed by atoms with Crippen LogP contribution >= 0.6 is 0 Å². The van der Waals surface area contributed by atoms with Crippen LogP contribution < -0.4 is 15.4 Å². The summed E-state index contributed by atoms with van der Waals surface area (Å²) in [6.45, 7) is 1.84. The number of carbonyl (C=O) groups is 1. The maximum Gasteiger partial charge on any atom is 0.419 e. The Bertz CT molecular complexity index is 1320. The molecule has 168 valence electrons. The summed E-state index contributed by atoms with van der Waals surface area (Å²) in [7, 11) is 0. The summed E-state index contributed by atoms with van der Waals surface area (Å²) in [6.07, 6.45) is -3.19. The SMILES string of the molecule is Cc1cnc2ccc(Oc3ccc(NC(=O)Nc4ccc(F)c(C(F)(F)F)c4)cc3)cc2n1. The fraction of sp³-hybridized carbons (Fsp3) is 0.0870. The Hall–Kier alpha value is -4.21. The first-order valence-electron chi connectivity index (χ1n) is 9.63. The van der Waals surface area contributed by atoms with Crippen molar-refractivity contribution in [3.05, 3.63) is 83.9 Å². The van der Waals surface area contributed by atoms with Crippen LogP contribution in [0.4, 0.5) is 33.7 Å². The molecule has 0 unspecified atom stereocenters. The van der Waals surface area contributed by atoms with Crippen molar-refractivity contribution in [2.45, 2.75) is 13.1 Å². The van der Waals surface area contributed by atoms with E-state index in [1.807, 2.05) is 6.92 Å². The van der Waals surface area contributed by atoms with E-state index >= 15 is 0 Å². The van der Waals surface area contributed by atoms with Gasteiger partial charge >= 0.3 is 12.2 Å². The topological polar surface area (TPSA) is 76.1 Å². The quantitative estimate of drug-likeness (QED) is 0.342. The maximum absolute atomic E-state index is 13.4. The van der Waals surface area contributed by atoms with Gasteiger partial charge in [-0.25, -0.2) is 14.2 Å². The minimum atomic E-state index is -4.87. The van der Waals surface area contributed by atoms with Gasteiger partial charge in [-0.2, -0.15) is 13.2 Å². The predicted molar refractivity (Wildman–Crippen MR) is 115 cm³/mol. The smallest absolute Gasteiger partial charge is 0.419 e. The molecule has 33 heavy (non-hydrogen) atoms. The number of anilines is 2. The first kappa shape index (κ1) is 22.0. The number of aromatic nitrogens is 2. The monoisotopic (exact) mass is 456 g/mol. The van der Waals surface area contributed by atoms with Crippen molar-refractivity contribution in [1.29, 1.82) is 0 Å². The number of rotatable bonds is 4. The normalized spacial score (nSPS) is 11.3. The fourth-order valence-corrected chi connectivity index (χ4v) is 3.00. The lowest BCUT2D eigenvalue weighted by atomic mass is 10.2. The molecule has 0 fully saturated rings. The van der Waals surface area contributed by atoms with Gasteiger partial charge in [-0.3, -0.25) is 4.98 Å². The number of aryl methyl sites for hydroxylation is 1. The molecule has 10 heteroatoms. The number of carbonyl (C=O) groups excluding carboxylic acids is 1. The summed E-state index contributed by atoms with van der Waals surface area (Å²) in [5, 5.41) is 4.73. The number of halogens is 4. The van der Waals surface area contributed by atoms with E-state index in [0.29, 0.717) is 34.8 Å². The number of ether oxygens (including phenoxy) is 1. The van der Waals surface area contributed by atoms with Gasteiger partial charge in [-0.15, -0.1) is 0 Å². The van der Waals surface area contributed by atoms with Gasteiger partial charge in [0, 0.05) is 23.6 Å². The van der Waals surface area contributed by atoms with Gasteiger partial charge in [0.25, 0.3) is 0 Å². The molecule has 0 spiro atoms. The molecule has 0 aliphatic carbocycles. The van der Waals surface area contributed by atoms with Gasteiger partial charge in [0.1, 0.15) is 17.3 Å². The molecule has 0 atom stereocenters. The van der Waals surface area contributed by atoms with Crippen molar-refractivity contribution in [3.63, 3.8) is 0 Å². The van der Waals surface area contributed by atoms with Crippen molar-refractivity contribution < 1.29 is 27.1 Å². The van der Waals surface area contributed by atoms with Crippen molar-refractivity contribution in [2.75, 3.05) is 10.6 Å². The van der Waals surface area contributed by atoms with Gasteiger partial charge in [0.15, 0.2) is 0 Å². The molecular formula is C23H16F4N4O2. The number of urea groups is 1. The predicted octanol–water partition coefficient (Wildman–Crippen LogP) is 6.53. The number of benzene rings is 3. The van der Waals surface area contributed by atoms with E-state index in [0.717, 1.165) is 17.3 Å². The molecule has 2 N–H and O–H groups in total. The van der Waals surface area contributed by atoms with E-state index < -0.39 is 23.6 Å². The standard InChI is InChI=1S/C23H16F4N4O2/c1-13-12-28-20-9-7-17(11-21(20)29-13)33-16-5-2-14(3-6-16)30-22(32)31-15-4-8-19(24)18(10-15)23(25,26)27/h2-12H,1H3,(H2,30,31,32). The number of hydrogen-bond donors (Lipinski definition) is 2. The zero-order chi connectivity index (χ0) is 23.6. The number of hydrogen-bond acceptors (Lipinski definition) is 4. The van der Waals surface area contributed by atoms with E-state index in [4.69, 9.17) is 4.74 Å². The average Bonchev–Trinajstić information content (AvgIpc) is 2.75. The van der Waals surface area contributed by atoms with Crippen molar-refractivity contribution in [3.8, 4) is 11.5 Å². The molecule has 4 rings (SSSR count). The Morgan fingerprint density at radius 1 is 0.879 bits per heavy atom. The Kier molecular flexibility index (Phi) is 5.82. The van der Waals surface area contributed by atoms with Crippen molar-refractivity contribution in [2.24, 2.45) is 0 Å². The lowest BCUT2D eigenvalue weighted by Gasteiger charge is -2.12. The number of nitrogens with one attached hydrogen (secondary N) is 2. The van der Waals surface area contributed by atoms with Gasteiger partial charge in [0.05, 0.1) is 22.3 Å². The van der Waals surface area contributed by atoms with Crippen LogP contribution in [0.15, 0.2) is 66.9 Å². The molecule has 4 aromatic rings. The second kappa shape index (κ2) is 8.73. The highest BCUT2D eigenvalue weighted by Gasteiger charge is 2.34. The number of alkyl halides is 3. The molecule has 0 radical (unpaired) electrons. The van der Waals surface area contributed by atoms with Crippen LogP contribution in [0.3, 0.4) is 0 Å². The molecular weight excluding hydrogens is 440 g/mol. The van der Waals surface area contributed by atoms with Crippen LogP contribution in [0.25, 0.3) is 11.0 Å². The highest BCUT2D eigenvalue weighted by Crippen LogP contribution is 2.33. The second-order valence-corrected chi connectivity index (χ2v) is 7.06. The third-order valence-electron chi connectivity index (χ3n) is 4.51. The summed E-state index contributed by atoms with van der Waals surface area (Å²) in [5.74, 6) is -0.371. The molecule has 3 aromatic carbocycles.